The van der Waals surface area contributed by atoms with Crippen LogP contribution < -0.4 is 10.6 Å². The average molecular weight is 885 g/mol. The number of hydrogen-bond donors (Lipinski definition) is 2. The minimum atomic E-state index is -0.414. The fourth-order valence-corrected chi connectivity index (χ4v) is 11.1. The number of benzene rings is 10. The number of aliphatic imine (C=N–C) groups is 1. The molecule has 0 saturated heterocycles. The Morgan fingerprint density at radius 2 is 0.870 bits per heavy atom. The molecule has 0 bridgehead atoms. The Morgan fingerprint density at radius 3 is 1.55 bits per heavy atom. The molecule has 6 nitrogen and oxygen atoms in total. The third-order valence-corrected chi connectivity index (χ3v) is 14.1. The quantitative estimate of drug-likeness (QED) is 0.168. The number of fused-ring (bicyclic) bond motifs is 10. The molecule has 2 N–H and O–H groups in total. The van der Waals surface area contributed by atoms with E-state index in [1.54, 1.807) is 0 Å². The normalized spacial score (nSPS) is 15.1. The van der Waals surface area contributed by atoms with Crippen LogP contribution in [-0.4, -0.2) is 19.5 Å². The van der Waals surface area contributed by atoms with Crippen LogP contribution in [0.5, 0.6) is 0 Å². The van der Waals surface area contributed by atoms with Crippen molar-refractivity contribution < 1.29 is 0 Å². The fraction of sp³-hybridized carbons (Fsp3) is 0.0317. The van der Waals surface area contributed by atoms with E-state index < -0.39 is 6.29 Å². The van der Waals surface area contributed by atoms with E-state index in [1.165, 1.54) is 37.8 Å². The van der Waals surface area contributed by atoms with Crippen molar-refractivity contribution in [3.8, 4) is 33.6 Å². The van der Waals surface area contributed by atoms with E-state index in [-0.39, 0.29) is 6.17 Å². The maximum atomic E-state index is 5.49. The summed E-state index contributed by atoms with van der Waals surface area (Å²) in [5, 5.41) is 15.2. The van der Waals surface area contributed by atoms with Crippen LogP contribution in [0.25, 0.3) is 99.0 Å². The van der Waals surface area contributed by atoms with Gasteiger partial charge >= 0.3 is 0 Å². The molecule has 3 aromatic heterocycles. The number of hydrogen-bond acceptors (Lipinski definition) is 3. The van der Waals surface area contributed by atoms with Gasteiger partial charge < -0.3 is 19.0 Å². The van der Waals surface area contributed by atoms with E-state index in [2.05, 4.69) is 267 Å². The second kappa shape index (κ2) is 15.8. The SMILES string of the molecule is c1ccc(-c2ccccc2C2=NC(c3ccccc3)NC(n3c4ccccc4c4ccc5c6ccccc6n(-c6cc7c(cc6-c6ccccc6)c6ccccc6n7-c6ccccc6)c5c43)N2)cc1. The molecule has 1 aliphatic heterocycles. The Bertz CT molecular complexity index is 4130. The van der Waals surface area contributed by atoms with Gasteiger partial charge in [-0.05, 0) is 64.7 Å². The van der Waals surface area contributed by atoms with Crippen LogP contribution in [0, 0.1) is 0 Å². The summed E-state index contributed by atoms with van der Waals surface area (Å²) in [5.41, 5.74) is 15.8. The summed E-state index contributed by atoms with van der Waals surface area (Å²) >= 11 is 0. The topological polar surface area (TPSA) is 51.2 Å². The van der Waals surface area contributed by atoms with E-state index in [9.17, 15) is 0 Å². The molecule has 326 valence electrons. The highest BCUT2D eigenvalue weighted by Gasteiger charge is 2.31. The molecule has 0 spiro atoms. The molecule has 0 amide bonds. The van der Waals surface area contributed by atoms with Crippen molar-refractivity contribution in [3.63, 3.8) is 0 Å². The van der Waals surface area contributed by atoms with Crippen LogP contribution in [0.15, 0.2) is 248 Å². The van der Waals surface area contributed by atoms with E-state index in [0.29, 0.717) is 0 Å². The maximum absolute atomic E-state index is 5.49. The number of nitrogens with zero attached hydrogens (tertiary/aromatic N) is 4. The summed E-state index contributed by atoms with van der Waals surface area (Å²) in [6.07, 6.45) is -0.757. The van der Waals surface area contributed by atoms with E-state index in [4.69, 9.17) is 4.99 Å². The van der Waals surface area contributed by atoms with Crippen molar-refractivity contribution >= 4 is 71.3 Å². The highest BCUT2D eigenvalue weighted by Crippen LogP contribution is 2.45. The number of rotatable bonds is 7. The molecular weight excluding hydrogens is 841 g/mol. The van der Waals surface area contributed by atoms with Crippen LogP contribution in [0.4, 0.5) is 0 Å². The van der Waals surface area contributed by atoms with Gasteiger partial charge in [-0.15, -0.1) is 0 Å². The molecule has 2 atom stereocenters. The molecule has 0 saturated carbocycles. The highest BCUT2D eigenvalue weighted by atomic mass is 15.4. The zero-order chi connectivity index (χ0) is 45.4. The molecular formula is C63H44N6. The van der Waals surface area contributed by atoms with Gasteiger partial charge in [0.15, 0.2) is 6.29 Å². The van der Waals surface area contributed by atoms with Crippen molar-refractivity contribution in [2.75, 3.05) is 0 Å². The van der Waals surface area contributed by atoms with Gasteiger partial charge in [0, 0.05) is 49.1 Å². The smallest absolute Gasteiger partial charge is 0.162 e. The van der Waals surface area contributed by atoms with Crippen LogP contribution in [0.2, 0.25) is 0 Å². The van der Waals surface area contributed by atoms with Crippen LogP contribution in [0.3, 0.4) is 0 Å². The number of aromatic nitrogens is 3. The third kappa shape index (κ3) is 6.20. The molecule has 14 rings (SSSR count). The Labute approximate surface area is 398 Å². The Kier molecular flexibility index (Phi) is 9.00. The summed E-state index contributed by atoms with van der Waals surface area (Å²) in [5.74, 6) is 0.830. The number of para-hydroxylation sites is 4. The molecule has 2 unspecified atom stereocenters. The van der Waals surface area contributed by atoms with E-state index in [1.807, 2.05) is 0 Å². The van der Waals surface area contributed by atoms with Gasteiger partial charge in [0.1, 0.15) is 12.0 Å². The van der Waals surface area contributed by atoms with E-state index >= 15 is 0 Å². The Hall–Kier alpha value is -8.97. The lowest BCUT2D eigenvalue weighted by atomic mass is 9.98. The van der Waals surface area contributed by atoms with Gasteiger partial charge in [0.05, 0.1) is 38.8 Å². The first-order chi connectivity index (χ1) is 34.3. The van der Waals surface area contributed by atoms with Crippen molar-refractivity contribution in [1.82, 2.24) is 24.3 Å². The first-order valence-corrected chi connectivity index (χ1v) is 23.7. The van der Waals surface area contributed by atoms with Gasteiger partial charge in [-0.1, -0.05) is 200 Å². The maximum Gasteiger partial charge on any atom is 0.162 e. The van der Waals surface area contributed by atoms with Gasteiger partial charge in [-0.2, -0.15) is 0 Å². The van der Waals surface area contributed by atoms with E-state index in [0.717, 1.165) is 78.2 Å². The summed E-state index contributed by atoms with van der Waals surface area (Å²) in [4.78, 5) is 5.49. The zero-order valence-electron chi connectivity index (χ0n) is 37.5. The third-order valence-electron chi connectivity index (χ3n) is 14.1. The lowest BCUT2D eigenvalue weighted by Crippen LogP contribution is -2.48. The number of amidine groups is 1. The molecule has 10 aromatic carbocycles. The van der Waals surface area contributed by atoms with Crippen LogP contribution in [0.1, 0.15) is 23.6 Å². The largest absolute Gasteiger partial charge is 0.337 e. The minimum absolute atomic E-state index is 0.343. The Balaban J connectivity index is 1.09. The lowest BCUT2D eigenvalue weighted by Gasteiger charge is -2.34. The molecule has 69 heavy (non-hydrogen) atoms. The monoisotopic (exact) mass is 884 g/mol. The molecule has 13 aromatic rings. The average Bonchev–Trinajstić information content (AvgIpc) is 4.07. The summed E-state index contributed by atoms with van der Waals surface area (Å²) in [6, 6.07) is 87.6. The van der Waals surface area contributed by atoms with Crippen molar-refractivity contribution in [2.24, 2.45) is 4.99 Å². The van der Waals surface area contributed by atoms with Gasteiger partial charge in [-0.25, -0.2) is 4.99 Å². The second-order valence-electron chi connectivity index (χ2n) is 18.0. The van der Waals surface area contributed by atoms with Gasteiger partial charge in [0.2, 0.25) is 0 Å². The standard InChI is InChI=1S/C63H44N6/c1-5-21-41(22-6-1)45-29-13-14-33-51(45)62-64-61(43-25-9-3-10-26-43)65-63(66-62)69-56-36-20-16-31-47(56)50-38-37-49-46-30-15-19-35-55(46)68(59(49)60(50)69)57-40-58-53(39-52(57)42-23-7-2-8-24-42)48-32-17-18-34-54(48)67(58)44-27-11-4-12-28-44/h1-40,61,63,65H,(H,64,66). The van der Waals surface area contributed by atoms with Gasteiger partial charge in [-0.3, -0.25) is 5.32 Å². The Morgan fingerprint density at radius 1 is 0.362 bits per heavy atom. The summed E-state index contributed by atoms with van der Waals surface area (Å²) < 4.78 is 7.48. The molecule has 6 heteroatoms. The molecule has 4 heterocycles. The number of nitrogens with one attached hydrogen (secondary N) is 2. The minimum Gasteiger partial charge on any atom is -0.337 e. The van der Waals surface area contributed by atoms with Gasteiger partial charge in [0.25, 0.3) is 0 Å². The molecule has 0 fully saturated rings. The predicted octanol–water partition coefficient (Wildman–Crippen LogP) is 15.1. The zero-order valence-corrected chi connectivity index (χ0v) is 37.5. The summed E-state index contributed by atoms with van der Waals surface area (Å²) in [7, 11) is 0. The predicted molar refractivity (Wildman–Crippen MR) is 286 cm³/mol. The fourth-order valence-electron chi connectivity index (χ4n) is 11.1. The second-order valence-corrected chi connectivity index (χ2v) is 18.0. The van der Waals surface area contributed by atoms with Crippen LogP contribution >= 0.6 is 0 Å². The molecule has 0 aliphatic carbocycles. The first kappa shape index (κ1) is 39.2. The van der Waals surface area contributed by atoms with Crippen LogP contribution in [-0.2, 0) is 0 Å². The van der Waals surface area contributed by atoms with Crippen molar-refractivity contribution in [2.45, 2.75) is 12.5 Å². The first-order valence-electron chi connectivity index (χ1n) is 23.7. The summed E-state index contributed by atoms with van der Waals surface area (Å²) in [6.45, 7) is 0. The van der Waals surface area contributed by atoms with Crippen molar-refractivity contribution in [3.05, 3.63) is 254 Å². The highest BCUT2D eigenvalue weighted by molar-refractivity contribution is 6.24. The molecule has 1 aliphatic rings. The lowest BCUT2D eigenvalue weighted by molar-refractivity contribution is 0.330. The molecule has 0 radical (unpaired) electrons. The van der Waals surface area contributed by atoms with Crippen molar-refractivity contribution in [1.29, 1.82) is 0 Å².